The third-order valence-corrected chi connectivity index (χ3v) is 3.55. The normalized spacial score (nSPS) is 16.8. The number of rotatable bonds is 9. The molecule has 0 aromatic carbocycles. The van der Waals surface area contributed by atoms with Crippen molar-refractivity contribution in [2.75, 3.05) is 0 Å². The molecule has 0 heteroatoms. The van der Waals surface area contributed by atoms with E-state index in [9.17, 15) is 0 Å². The van der Waals surface area contributed by atoms with Crippen LogP contribution in [0.5, 0.6) is 0 Å². The van der Waals surface area contributed by atoms with E-state index in [0.29, 0.717) is 0 Å². The third kappa shape index (κ3) is 5.91. The van der Waals surface area contributed by atoms with Crippen LogP contribution in [0.2, 0.25) is 0 Å². The molecule has 0 heterocycles. The summed E-state index contributed by atoms with van der Waals surface area (Å²) in [5.41, 5.74) is 2.98. The van der Waals surface area contributed by atoms with Crippen molar-refractivity contribution in [2.45, 2.75) is 71.6 Å². The van der Waals surface area contributed by atoms with Crippen LogP contribution < -0.4 is 0 Å². The zero-order valence-corrected chi connectivity index (χ0v) is 11.7. The molecule has 0 saturated carbocycles. The third-order valence-electron chi connectivity index (χ3n) is 3.55. The molecule has 1 rings (SSSR count). The van der Waals surface area contributed by atoms with Crippen LogP contribution in [0.3, 0.4) is 0 Å². The van der Waals surface area contributed by atoms with E-state index in [4.69, 9.17) is 0 Å². The first-order valence-corrected chi connectivity index (χ1v) is 7.42. The predicted octanol–water partition coefficient (Wildman–Crippen LogP) is 5.96. The lowest BCUT2D eigenvalue weighted by Crippen LogP contribution is -1.85. The van der Waals surface area contributed by atoms with Crippen molar-refractivity contribution in [3.05, 3.63) is 35.5 Å². The van der Waals surface area contributed by atoms with Gasteiger partial charge in [-0.2, -0.15) is 0 Å². The maximum absolute atomic E-state index is 2.28. The Morgan fingerprint density at radius 3 is 2.24 bits per heavy atom. The molecule has 0 aliphatic heterocycles. The summed E-state index contributed by atoms with van der Waals surface area (Å²) in [6, 6.07) is 0. The molecule has 0 atom stereocenters. The Morgan fingerprint density at radius 1 is 0.941 bits per heavy atom. The molecule has 0 nitrogen and oxygen atoms in total. The van der Waals surface area contributed by atoms with E-state index in [1.54, 1.807) is 5.57 Å². The summed E-state index contributed by atoms with van der Waals surface area (Å²) in [6.07, 6.45) is 21.4. The standard InChI is InChI=1S/C17H28/c1-3-5-6-7-8-9-10-11-13-17-15-12-14-16(17)4-2/h4,12,14-15H,3,5-11,13H2,1-2H3. The molecule has 0 spiro atoms. The molecule has 17 heavy (non-hydrogen) atoms. The highest BCUT2D eigenvalue weighted by Crippen LogP contribution is 2.23. The summed E-state index contributed by atoms with van der Waals surface area (Å²) in [4.78, 5) is 0. The van der Waals surface area contributed by atoms with Crippen molar-refractivity contribution in [1.29, 1.82) is 0 Å². The molecule has 0 N–H and O–H groups in total. The quantitative estimate of drug-likeness (QED) is 0.430. The van der Waals surface area contributed by atoms with Crippen molar-refractivity contribution in [2.24, 2.45) is 0 Å². The largest absolute Gasteiger partial charge is 0.0801 e. The van der Waals surface area contributed by atoms with Crippen LogP contribution in [0, 0.1) is 0 Å². The maximum Gasteiger partial charge on any atom is -0.0267 e. The fraction of sp³-hybridized carbons (Fsp3) is 0.647. The van der Waals surface area contributed by atoms with E-state index in [0.717, 1.165) is 0 Å². The van der Waals surface area contributed by atoms with Crippen LogP contribution in [-0.4, -0.2) is 0 Å². The Hall–Kier alpha value is -0.780. The zero-order chi connectivity index (χ0) is 12.3. The zero-order valence-electron chi connectivity index (χ0n) is 11.7. The van der Waals surface area contributed by atoms with E-state index in [-0.39, 0.29) is 0 Å². The van der Waals surface area contributed by atoms with E-state index < -0.39 is 0 Å². The number of hydrogen-bond donors (Lipinski definition) is 0. The Morgan fingerprint density at radius 2 is 1.59 bits per heavy atom. The van der Waals surface area contributed by atoms with Crippen LogP contribution in [0.1, 0.15) is 71.6 Å². The number of hydrogen-bond acceptors (Lipinski definition) is 0. The van der Waals surface area contributed by atoms with Gasteiger partial charge in [-0.25, -0.2) is 0 Å². The topological polar surface area (TPSA) is 0 Å². The highest BCUT2D eigenvalue weighted by atomic mass is 14.1. The highest BCUT2D eigenvalue weighted by molar-refractivity contribution is 5.47. The summed E-state index contributed by atoms with van der Waals surface area (Å²) in [7, 11) is 0. The molecule has 0 bridgehead atoms. The molecule has 96 valence electrons. The van der Waals surface area contributed by atoms with Crippen molar-refractivity contribution in [1.82, 2.24) is 0 Å². The fourth-order valence-electron chi connectivity index (χ4n) is 2.43. The summed E-state index contributed by atoms with van der Waals surface area (Å²) in [6.45, 7) is 4.41. The Balaban J connectivity index is 1.95. The molecule has 0 aromatic rings. The smallest absolute Gasteiger partial charge is 0.0267 e. The monoisotopic (exact) mass is 232 g/mol. The molecule has 0 radical (unpaired) electrons. The van der Waals surface area contributed by atoms with Gasteiger partial charge >= 0.3 is 0 Å². The lowest BCUT2D eigenvalue weighted by Gasteiger charge is -2.05. The number of allylic oxidation sites excluding steroid dienone is 6. The van der Waals surface area contributed by atoms with Gasteiger partial charge in [-0.15, -0.1) is 0 Å². The van der Waals surface area contributed by atoms with Gasteiger partial charge < -0.3 is 0 Å². The molecule has 1 aliphatic carbocycles. The molecule has 1 aliphatic rings. The van der Waals surface area contributed by atoms with Crippen molar-refractivity contribution < 1.29 is 0 Å². The van der Waals surface area contributed by atoms with Crippen LogP contribution in [-0.2, 0) is 0 Å². The van der Waals surface area contributed by atoms with Crippen molar-refractivity contribution in [3.63, 3.8) is 0 Å². The SMILES string of the molecule is CC=C1C=CC=C1CCCCCCCCCC. The fourth-order valence-corrected chi connectivity index (χ4v) is 2.43. The molecule has 0 fully saturated rings. The Labute approximate surface area is 108 Å². The van der Waals surface area contributed by atoms with Crippen LogP contribution >= 0.6 is 0 Å². The first-order chi connectivity index (χ1) is 8.38. The van der Waals surface area contributed by atoms with Crippen molar-refractivity contribution >= 4 is 0 Å². The summed E-state index contributed by atoms with van der Waals surface area (Å²) < 4.78 is 0. The van der Waals surface area contributed by atoms with Gasteiger partial charge in [-0.1, -0.05) is 76.2 Å². The van der Waals surface area contributed by atoms with E-state index in [1.807, 2.05) is 0 Å². The van der Waals surface area contributed by atoms with Crippen LogP contribution in [0.4, 0.5) is 0 Å². The molecule has 0 saturated heterocycles. The molecular formula is C17H28. The van der Waals surface area contributed by atoms with Crippen LogP contribution in [0.15, 0.2) is 35.5 Å². The molecular weight excluding hydrogens is 204 g/mol. The highest BCUT2D eigenvalue weighted by Gasteiger charge is 2.04. The second-order valence-electron chi connectivity index (χ2n) is 5.02. The first-order valence-electron chi connectivity index (χ1n) is 7.42. The minimum atomic E-state index is 1.27. The summed E-state index contributed by atoms with van der Waals surface area (Å²) in [5.74, 6) is 0. The van der Waals surface area contributed by atoms with E-state index in [2.05, 4.69) is 38.2 Å². The molecule has 0 amide bonds. The van der Waals surface area contributed by atoms with E-state index in [1.165, 1.54) is 63.4 Å². The Bertz CT molecular complexity index is 278. The van der Waals surface area contributed by atoms with Gasteiger partial charge in [-0.05, 0) is 30.9 Å². The average molecular weight is 232 g/mol. The first kappa shape index (κ1) is 14.3. The second-order valence-corrected chi connectivity index (χ2v) is 5.02. The predicted molar refractivity (Wildman–Crippen MR) is 78.2 cm³/mol. The average Bonchev–Trinajstić information content (AvgIpc) is 2.80. The summed E-state index contributed by atoms with van der Waals surface area (Å²) in [5, 5.41) is 0. The van der Waals surface area contributed by atoms with Gasteiger partial charge in [0.05, 0.1) is 0 Å². The minimum Gasteiger partial charge on any atom is -0.0801 e. The lowest BCUT2D eigenvalue weighted by molar-refractivity contribution is 0.576. The van der Waals surface area contributed by atoms with Gasteiger partial charge in [0.25, 0.3) is 0 Å². The Kier molecular flexibility index (Phi) is 7.79. The van der Waals surface area contributed by atoms with E-state index >= 15 is 0 Å². The maximum atomic E-state index is 2.28. The van der Waals surface area contributed by atoms with Gasteiger partial charge in [0.2, 0.25) is 0 Å². The minimum absolute atomic E-state index is 1.27. The van der Waals surface area contributed by atoms with Gasteiger partial charge in [-0.3, -0.25) is 0 Å². The van der Waals surface area contributed by atoms with Gasteiger partial charge in [0, 0.05) is 0 Å². The van der Waals surface area contributed by atoms with Crippen LogP contribution in [0.25, 0.3) is 0 Å². The lowest BCUT2D eigenvalue weighted by atomic mass is 10.0. The van der Waals surface area contributed by atoms with Crippen molar-refractivity contribution in [3.8, 4) is 0 Å². The van der Waals surface area contributed by atoms with Gasteiger partial charge in [0.15, 0.2) is 0 Å². The molecule has 0 unspecified atom stereocenters. The van der Waals surface area contributed by atoms with Gasteiger partial charge in [0.1, 0.15) is 0 Å². The number of unbranched alkanes of at least 4 members (excludes halogenated alkanes) is 7. The molecule has 0 aromatic heterocycles. The summed E-state index contributed by atoms with van der Waals surface area (Å²) >= 11 is 0. The second kappa shape index (κ2) is 9.27.